The van der Waals surface area contributed by atoms with Crippen molar-refractivity contribution in [2.45, 2.75) is 17.7 Å². The number of nitrogens with one attached hydrogen (secondary N) is 1. The molecule has 1 aromatic carbocycles. The van der Waals surface area contributed by atoms with Gasteiger partial charge in [-0.1, -0.05) is 0 Å². The van der Waals surface area contributed by atoms with Gasteiger partial charge in [-0.15, -0.1) is 11.3 Å². The molecule has 8 heteroatoms. The Morgan fingerprint density at radius 1 is 1.25 bits per heavy atom. The Morgan fingerprint density at radius 2 is 2.04 bits per heavy atom. The van der Waals surface area contributed by atoms with E-state index in [1.165, 1.54) is 15.6 Å². The molecule has 124 valence electrons. The van der Waals surface area contributed by atoms with Crippen molar-refractivity contribution in [3.63, 3.8) is 0 Å². The number of hydrogen-bond acceptors (Lipinski definition) is 5. The summed E-state index contributed by atoms with van der Waals surface area (Å²) in [4.78, 5) is 16.6. The number of fused-ring (bicyclic) bond motifs is 1. The average Bonchev–Trinajstić information content (AvgIpc) is 3.30. The van der Waals surface area contributed by atoms with Gasteiger partial charge in [-0.3, -0.25) is 4.79 Å². The predicted molar refractivity (Wildman–Crippen MR) is 93.0 cm³/mol. The van der Waals surface area contributed by atoms with Gasteiger partial charge in [-0.05, 0) is 37.1 Å². The van der Waals surface area contributed by atoms with Crippen LogP contribution in [0.3, 0.4) is 0 Å². The minimum Gasteiger partial charge on any atom is -0.321 e. The first kappa shape index (κ1) is 15.5. The first-order valence-corrected chi connectivity index (χ1v) is 9.95. The van der Waals surface area contributed by atoms with Crippen molar-refractivity contribution in [2.24, 2.45) is 0 Å². The summed E-state index contributed by atoms with van der Waals surface area (Å²) in [6.07, 6.45) is 5.13. The molecule has 6 nitrogen and oxygen atoms in total. The van der Waals surface area contributed by atoms with E-state index in [4.69, 9.17) is 0 Å². The molecule has 24 heavy (non-hydrogen) atoms. The highest BCUT2D eigenvalue weighted by atomic mass is 32.2. The highest BCUT2D eigenvalue weighted by Crippen LogP contribution is 2.35. The summed E-state index contributed by atoms with van der Waals surface area (Å²) in [5.74, 6) is -0.240. The van der Waals surface area contributed by atoms with E-state index in [1.807, 2.05) is 5.38 Å². The lowest BCUT2D eigenvalue weighted by Crippen LogP contribution is -2.27. The summed E-state index contributed by atoms with van der Waals surface area (Å²) in [7, 11) is -3.51. The number of carbonyl (C=O) groups excluding carboxylic acids is 1. The number of anilines is 1. The third-order valence-corrected chi connectivity index (χ3v) is 6.81. The molecular weight excluding hydrogens is 346 g/mol. The second kappa shape index (κ2) is 5.80. The van der Waals surface area contributed by atoms with E-state index in [9.17, 15) is 13.2 Å². The molecule has 1 aromatic heterocycles. The van der Waals surface area contributed by atoms with Gasteiger partial charge in [-0.25, -0.2) is 13.4 Å². The lowest BCUT2D eigenvalue weighted by atomic mass is 10.1. The van der Waals surface area contributed by atoms with Gasteiger partial charge in [0.25, 0.3) is 5.91 Å². The van der Waals surface area contributed by atoms with E-state index in [0.29, 0.717) is 34.9 Å². The zero-order chi connectivity index (χ0) is 16.7. The fraction of sp³-hybridized carbons (Fsp3) is 0.250. The van der Waals surface area contributed by atoms with Gasteiger partial charge in [0.1, 0.15) is 5.01 Å². The Labute approximate surface area is 143 Å². The van der Waals surface area contributed by atoms with E-state index in [0.717, 1.165) is 12.8 Å². The Balaban J connectivity index is 1.78. The number of thiazole rings is 1. The summed E-state index contributed by atoms with van der Waals surface area (Å²) in [6.45, 7) is 1.11. The summed E-state index contributed by atoms with van der Waals surface area (Å²) in [6, 6.07) is 4.79. The first-order valence-electron chi connectivity index (χ1n) is 7.63. The molecule has 2 aromatic rings. The molecule has 0 aliphatic carbocycles. The number of aromatic nitrogens is 1. The summed E-state index contributed by atoms with van der Waals surface area (Å²) < 4.78 is 27.0. The van der Waals surface area contributed by atoms with Crippen LogP contribution in [0.1, 0.15) is 23.4 Å². The lowest BCUT2D eigenvalue weighted by molar-refractivity contribution is -0.110. The van der Waals surface area contributed by atoms with Crippen molar-refractivity contribution >= 4 is 44.6 Å². The quantitative estimate of drug-likeness (QED) is 0.852. The molecule has 2 aliphatic heterocycles. The molecule has 4 rings (SSSR count). The maximum Gasteiger partial charge on any atom is 0.256 e. The summed E-state index contributed by atoms with van der Waals surface area (Å²) in [5, 5.41) is 5.31. The fourth-order valence-corrected chi connectivity index (χ4v) is 5.09. The standard InChI is InChI=1S/C16H15N3O3S2/c20-16-13(10-15-17-5-8-23-15)12-9-11(3-4-14(12)18-16)24(21,22)19-6-1-2-7-19/h3-5,8-10H,1-2,6-7H2,(H,18,20)/b13-10+. The molecule has 0 radical (unpaired) electrons. The van der Waals surface area contributed by atoms with E-state index in [-0.39, 0.29) is 10.8 Å². The molecule has 1 amide bonds. The third-order valence-electron chi connectivity index (χ3n) is 4.20. The zero-order valence-electron chi connectivity index (χ0n) is 12.7. The van der Waals surface area contributed by atoms with Crippen LogP contribution in [0.2, 0.25) is 0 Å². The number of sulfonamides is 1. The topological polar surface area (TPSA) is 79.4 Å². The van der Waals surface area contributed by atoms with E-state index in [1.54, 1.807) is 30.5 Å². The predicted octanol–water partition coefficient (Wildman–Crippen LogP) is 2.42. The highest BCUT2D eigenvalue weighted by molar-refractivity contribution is 7.89. The van der Waals surface area contributed by atoms with Crippen LogP contribution in [0.25, 0.3) is 11.6 Å². The van der Waals surface area contributed by atoms with Crippen LogP contribution in [-0.2, 0) is 14.8 Å². The van der Waals surface area contributed by atoms with Crippen LogP contribution >= 0.6 is 11.3 Å². The molecule has 1 saturated heterocycles. The van der Waals surface area contributed by atoms with Gasteiger partial charge >= 0.3 is 0 Å². The van der Waals surface area contributed by atoms with Crippen LogP contribution in [0, 0.1) is 0 Å². The molecule has 2 aliphatic rings. The van der Waals surface area contributed by atoms with Gasteiger partial charge in [0.2, 0.25) is 10.0 Å². The molecule has 1 fully saturated rings. The van der Waals surface area contributed by atoms with Crippen LogP contribution in [-0.4, -0.2) is 36.7 Å². The molecule has 0 saturated carbocycles. The Hall–Kier alpha value is -2.03. The van der Waals surface area contributed by atoms with Crippen molar-refractivity contribution < 1.29 is 13.2 Å². The fourth-order valence-electron chi connectivity index (χ4n) is 2.98. The number of hydrogen-bond donors (Lipinski definition) is 1. The molecule has 0 bridgehead atoms. The van der Waals surface area contributed by atoms with Crippen molar-refractivity contribution in [1.29, 1.82) is 0 Å². The zero-order valence-corrected chi connectivity index (χ0v) is 14.4. The number of nitrogens with zero attached hydrogens (tertiary/aromatic N) is 2. The highest BCUT2D eigenvalue weighted by Gasteiger charge is 2.30. The molecule has 3 heterocycles. The maximum atomic E-state index is 12.7. The molecule has 0 spiro atoms. The Kier molecular flexibility index (Phi) is 3.75. The molecule has 1 N–H and O–H groups in total. The minimum absolute atomic E-state index is 0.227. The number of rotatable bonds is 3. The number of benzene rings is 1. The van der Waals surface area contributed by atoms with Gasteiger partial charge < -0.3 is 5.32 Å². The smallest absolute Gasteiger partial charge is 0.256 e. The number of carbonyl (C=O) groups is 1. The second-order valence-corrected chi connectivity index (χ2v) is 8.57. The lowest BCUT2D eigenvalue weighted by Gasteiger charge is -2.16. The van der Waals surface area contributed by atoms with E-state index < -0.39 is 10.0 Å². The Morgan fingerprint density at radius 3 is 2.75 bits per heavy atom. The van der Waals surface area contributed by atoms with E-state index >= 15 is 0 Å². The van der Waals surface area contributed by atoms with Gasteiger partial charge in [0.05, 0.1) is 10.5 Å². The number of amides is 1. The largest absolute Gasteiger partial charge is 0.321 e. The monoisotopic (exact) mass is 361 g/mol. The van der Waals surface area contributed by atoms with Crippen LogP contribution in [0.15, 0.2) is 34.7 Å². The minimum atomic E-state index is -3.51. The van der Waals surface area contributed by atoms with Crippen LogP contribution < -0.4 is 5.32 Å². The van der Waals surface area contributed by atoms with Crippen molar-refractivity contribution in [1.82, 2.24) is 9.29 Å². The summed E-state index contributed by atoms with van der Waals surface area (Å²) >= 11 is 1.42. The Bertz CT molecular complexity index is 927. The molecule has 0 unspecified atom stereocenters. The molecule has 0 atom stereocenters. The van der Waals surface area contributed by atoms with Crippen molar-refractivity contribution in [3.05, 3.63) is 40.3 Å². The third kappa shape index (κ3) is 2.56. The van der Waals surface area contributed by atoms with E-state index in [2.05, 4.69) is 10.3 Å². The molecular formula is C16H15N3O3S2. The SMILES string of the molecule is O=C1Nc2ccc(S(=O)(=O)N3CCCC3)cc2/C1=C\c1nccs1. The van der Waals surface area contributed by atoms with Crippen LogP contribution in [0.5, 0.6) is 0 Å². The van der Waals surface area contributed by atoms with Gasteiger partial charge in [0, 0.05) is 35.9 Å². The van der Waals surface area contributed by atoms with Gasteiger partial charge in [0.15, 0.2) is 0 Å². The van der Waals surface area contributed by atoms with Crippen LogP contribution in [0.4, 0.5) is 5.69 Å². The average molecular weight is 361 g/mol. The second-order valence-electron chi connectivity index (χ2n) is 5.70. The van der Waals surface area contributed by atoms with Crippen molar-refractivity contribution in [2.75, 3.05) is 18.4 Å². The maximum absolute atomic E-state index is 12.7. The summed E-state index contributed by atoms with van der Waals surface area (Å²) in [5.41, 5.74) is 1.68. The van der Waals surface area contributed by atoms with Crippen molar-refractivity contribution in [3.8, 4) is 0 Å². The normalized spacial score (nSPS) is 19.7. The first-order chi connectivity index (χ1) is 11.6. The van der Waals surface area contributed by atoms with Gasteiger partial charge in [-0.2, -0.15) is 4.31 Å².